The minimum Gasteiger partial charge on any atom is -0.397 e. The molecule has 76 valence electrons. The summed E-state index contributed by atoms with van der Waals surface area (Å²) < 4.78 is 0. The Morgan fingerprint density at radius 3 is 2.43 bits per heavy atom. The SMILES string of the molecule is CC(C)(C)Cc1ccc(N=O)c(N)c1. The minimum atomic E-state index is 0.225. The molecule has 3 heteroatoms. The van der Waals surface area contributed by atoms with Gasteiger partial charge in [0.05, 0.1) is 5.69 Å². The molecule has 14 heavy (non-hydrogen) atoms. The second-order valence-electron chi connectivity index (χ2n) is 4.72. The molecule has 0 radical (unpaired) electrons. The largest absolute Gasteiger partial charge is 0.397 e. The van der Waals surface area contributed by atoms with E-state index in [1.165, 1.54) is 0 Å². The number of anilines is 1. The quantitative estimate of drug-likeness (QED) is 0.577. The molecule has 0 atom stereocenters. The fourth-order valence-corrected chi connectivity index (χ4v) is 1.41. The van der Waals surface area contributed by atoms with E-state index >= 15 is 0 Å². The van der Waals surface area contributed by atoms with Crippen molar-refractivity contribution in [3.8, 4) is 0 Å². The van der Waals surface area contributed by atoms with Gasteiger partial charge in [-0.3, -0.25) is 0 Å². The highest BCUT2D eigenvalue weighted by Gasteiger charge is 2.12. The van der Waals surface area contributed by atoms with Gasteiger partial charge in [-0.2, -0.15) is 0 Å². The van der Waals surface area contributed by atoms with E-state index < -0.39 is 0 Å². The van der Waals surface area contributed by atoms with Crippen molar-refractivity contribution in [3.63, 3.8) is 0 Å². The van der Waals surface area contributed by atoms with E-state index in [4.69, 9.17) is 5.73 Å². The molecule has 0 amide bonds. The predicted molar refractivity (Wildman–Crippen MR) is 59.5 cm³/mol. The van der Waals surface area contributed by atoms with E-state index in [0.29, 0.717) is 11.4 Å². The lowest BCUT2D eigenvalue weighted by molar-refractivity contribution is 0.411. The molecule has 1 aromatic rings. The molecule has 0 fully saturated rings. The molecule has 0 saturated heterocycles. The van der Waals surface area contributed by atoms with Crippen molar-refractivity contribution in [2.45, 2.75) is 27.2 Å². The first-order chi connectivity index (χ1) is 6.42. The topological polar surface area (TPSA) is 55.5 Å². The normalized spacial score (nSPS) is 11.4. The Hall–Kier alpha value is -1.38. The summed E-state index contributed by atoms with van der Waals surface area (Å²) in [6, 6.07) is 5.39. The maximum absolute atomic E-state index is 10.3. The van der Waals surface area contributed by atoms with Crippen molar-refractivity contribution in [1.29, 1.82) is 0 Å². The number of nitrogen functional groups attached to an aromatic ring is 1. The van der Waals surface area contributed by atoms with Crippen LogP contribution in [0.2, 0.25) is 0 Å². The molecule has 0 aromatic heterocycles. The van der Waals surface area contributed by atoms with Gasteiger partial charge in [0.25, 0.3) is 0 Å². The van der Waals surface area contributed by atoms with Gasteiger partial charge in [0.15, 0.2) is 0 Å². The summed E-state index contributed by atoms with van der Waals surface area (Å²) in [4.78, 5) is 10.3. The summed E-state index contributed by atoms with van der Waals surface area (Å²) in [5.41, 5.74) is 7.80. The van der Waals surface area contributed by atoms with Crippen molar-refractivity contribution < 1.29 is 0 Å². The first-order valence-corrected chi connectivity index (χ1v) is 4.64. The zero-order valence-electron chi connectivity index (χ0n) is 8.87. The highest BCUT2D eigenvalue weighted by Crippen LogP contribution is 2.26. The average Bonchev–Trinajstić information content (AvgIpc) is 2.01. The number of nitroso groups, excluding NO2 is 1. The first kappa shape index (κ1) is 10.7. The fourth-order valence-electron chi connectivity index (χ4n) is 1.41. The summed E-state index contributed by atoms with van der Waals surface area (Å²) in [6.45, 7) is 6.49. The van der Waals surface area contributed by atoms with Gasteiger partial charge in [-0.05, 0) is 34.7 Å². The van der Waals surface area contributed by atoms with Crippen molar-refractivity contribution in [2.75, 3.05) is 5.73 Å². The van der Waals surface area contributed by atoms with Crippen LogP contribution >= 0.6 is 0 Å². The Labute approximate surface area is 84.3 Å². The third kappa shape index (κ3) is 2.83. The third-order valence-electron chi connectivity index (χ3n) is 1.92. The predicted octanol–water partition coefficient (Wildman–Crippen LogP) is 3.26. The van der Waals surface area contributed by atoms with E-state index in [0.717, 1.165) is 12.0 Å². The Bertz CT molecular complexity index is 340. The second-order valence-corrected chi connectivity index (χ2v) is 4.72. The van der Waals surface area contributed by atoms with E-state index in [9.17, 15) is 4.91 Å². The summed E-state index contributed by atoms with van der Waals surface area (Å²) in [5, 5.41) is 2.83. The highest BCUT2D eigenvalue weighted by molar-refractivity contribution is 5.63. The van der Waals surface area contributed by atoms with Crippen LogP contribution in [0.3, 0.4) is 0 Å². The molecule has 1 rings (SSSR count). The van der Waals surface area contributed by atoms with Crippen LogP contribution in [0.25, 0.3) is 0 Å². The lowest BCUT2D eigenvalue weighted by Crippen LogP contribution is -2.09. The van der Waals surface area contributed by atoms with Gasteiger partial charge in [-0.25, -0.2) is 0 Å². The Kier molecular flexibility index (Phi) is 2.89. The molecule has 0 saturated carbocycles. The van der Waals surface area contributed by atoms with Crippen LogP contribution < -0.4 is 5.73 Å². The fraction of sp³-hybridized carbons (Fsp3) is 0.455. The number of hydrogen-bond acceptors (Lipinski definition) is 3. The molecular weight excluding hydrogens is 176 g/mol. The summed E-state index contributed by atoms with van der Waals surface area (Å²) in [6.07, 6.45) is 0.941. The van der Waals surface area contributed by atoms with Crippen LogP contribution in [0.15, 0.2) is 23.4 Å². The molecule has 0 aliphatic rings. The first-order valence-electron chi connectivity index (χ1n) is 4.64. The van der Waals surface area contributed by atoms with Gasteiger partial charge >= 0.3 is 0 Å². The molecule has 3 nitrogen and oxygen atoms in total. The molecule has 0 unspecified atom stereocenters. The van der Waals surface area contributed by atoms with Gasteiger partial charge in [0.1, 0.15) is 5.69 Å². The molecule has 0 aliphatic carbocycles. The maximum atomic E-state index is 10.3. The van der Waals surface area contributed by atoms with Crippen molar-refractivity contribution in [2.24, 2.45) is 10.6 Å². The maximum Gasteiger partial charge on any atom is 0.130 e. The van der Waals surface area contributed by atoms with E-state index in [-0.39, 0.29) is 5.41 Å². The number of rotatable bonds is 2. The van der Waals surface area contributed by atoms with Crippen LogP contribution in [-0.2, 0) is 6.42 Å². The molecule has 0 spiro atoms. The van der Waals surface area contributed by atoms with Crippen LogP contribution in [0, 0.1) is 10.3 Å². The van der Waals surface area contributed by atoms with Gasteiger partial charge in [0, 0.05) is 0 Å². The smallest absolute Gasteiger partial charge is 0.130 e. The minimum absolute atomic E-state index is 0.225. The second kappa shape index (κ2) is 3.78. The van der Waals surface area contributed by atoms with Crippen molar-refractivity contribution >= 4 is 11.4 Å². The Morgan fingerprint density at radius 1 is 1.36 bits per heavy atom. The third-order valence-corrected chi connectivity index (χ3v) is 1.92. The summed E-state index contributed by atoms with van der Waals surface area (Å²) in [7, 11) is 0. The molecule has 0 heterocycles. The average molecular weight is 192 g/mol. The van der Waals surface area contributed by atoms with E-state index in [1.54, 1.807) is 6.07 Å². The van der Waals surface area contributed by atoms with Crippen molar-refractivity contribution in [3.05, 3.63) is 28.7 Å². The van der Waals surface area contributed by atoms with Crippen LogP contribution in [0.4, 0.5) is 11.4 Å². The van der Waals surface area contributed by atoms with Crippen molar-refractivity contribution in [1.82, 2.24) is 0 Å². The molecule has 0 bridgehead atoms. The van der Waals surface area contributed by atoms with Gasteiger partial charge in [-0.15, -0.1) is 4.91 Å². The van der Waals surface area contributed by atoms with E-state index in [1.807, 2.05) is 12.1 Å². The highest BCUT2D eigenvalue weighted by atomic mass is 16.3. The summed E-state index contributed by atoms with van der Waals surface area (Å²) in [5.74, 6) is 0. The molecule has 1 aromatic carbocycles. The molecule has 0 aliphatic heterocycles. The Morgan fingerprint density at radius 2 is 2.00 bits per heavy atom. The Balaban J connectivity index is 2.92. The van der Waals surface area contributed by atoms with E-state index in [2.05, 4.69) is 25.9 Å². The number of nitrogens with zero attached hydrogens (tertiary/aromatic N) is 1. The van der Waals surface area contributed by atoms with Gasteiger partial charge in [0.2, 0.25) is 0 Å². The van der Waals surface area contributed by atoms with Gasteiger partial charge in [-0.1, -0.05) is 26.8 Å². The number of benzene rings is 1. The van der Waals surface area contributed by atoms with Gasteiger partial charge < -0.3 is 5.73 Å². The zero-order valence-corrected chi connectivity index (χ0v) is 8.87. The molecular formula is C11H16N2O. The zero-order chi connectivity index (χ0) is 10.8. The lowest BCUT2D eigenvalue weighted by Gasteiger charge is -2.18. The van der Waals surface area contributed by atoms with Crippen LogP contribution in [-0.4, -0.2) is 0 Å². The van der Waals surface area contributed by atoms with Crippen LogP contribution in [0.5, 0.6) is 0 Å². The number of nitrogens with two attached hydrogens (primary N) is 1. The lowest BCUT2D eigenvalue weighted by atomic mass is 9.88. The summed E-state index contributed by atoms with van der Waals surface area (Å²) >= 11 is 0. The standard InChI is InChI=1S/C11H16N2O/c1-11(2,3)7-8-4-5-10(13-14)9(12)6-8/h4-6H,7,12H2,1-3H3. The molecule has 2 N–H and O–H groups in total. The number of hydrogen-bond donors (Lipinski definition) is 1. The van der Waals surface area contributed by atoms with Crippen LogP contribution in [0.1, 0.15) is 26.3 Å². The monoisotopic (exact) mass is 192 g/mol.